The first-order chi connectivity index (χ1) is 10.0. The molecule has 3 rings (SSSR count). The van der Waals surface area contributed by atoms with Gasteiger partial charge in [0.2, 0.25) is 0 Å². The molecule has 3 nitrogen and oxygen atoms in total. The molecule has 2 heterocycles. The van der Waals surface area contributed by atoms with Gasteiger partial charge in [-0.05, 0) is 43.4 Å². The van der Waals surface area contributed by atoms with E-state index in [1.807, 2.05) is 0 Å². The summed E-state index contributed by atoms with van der Waals surface area (Å²) in [5, 5.41) is 11.1. The normalized spacial score (nSPS) is 35.5. The molecule has 1 aromatic rings. The first-order valence-corrected chi connectivity index (χ1v) is 8.72. The van der Waals surface area contributed by atoms with Crippen molar-refractivity contribution in [3.63, 3.8) is 0 Å². The smallest absolute Gasteiger partial charge is 0.165 e. The highest BCUT2D eigenvalue weighted by molar-refractivity contribution is 7.86. The van der Waals surface area contributed by atoms with Crippen LogP contribution in [0.25, 0.3) is 0 Å². The molecule has 0 saturated carbocycles. The van der Waals surface area contributed by atoms with Crippen LogP contribution in [0.1, 0.15) is 37.7 Å². The van der Waals surface area contributed by atoms with Crippen molar-refractivity contribution in [2.75, 3.05) is 7.11 Å². The second-order valence-corrected chi connectivity index (χ2v) is 8.27. The molecule has 2 aliphatic heterocycles. The van der Waals surface area contributed by atoms with Crippen LogP contribution in [-0.4, -0.2) is 32.5 Å². The van der Waals surface area contributed by atoms with E-state index in [0.717, 1.165) is 24.8 Å². The number of halogens is 1. The zero-order chi connectivity index (χ0) is 15.0. The van der Waals surface area contributed by atoms with E-state index in [9.17, 15) is 13.7 Å². The van der Waals surface area contributed by atoms with Gasteiger partial charge in [0, 0.05) is 27.7 Å². The Kier molecular flexibility index (Phi) is 4.06. The molecule has 1 aromatic carbocycles. The third-order valence-corrected chi connectivity index (χ3v) is 6.79. The minimum absolute atomic E-state index is 0.102. The van der Waals surface area contributed by atoms with Gasteiger partial charge in [-0.2, -0.15) is 0 Å². The van der Waals surface area contributed by atoms with Crippen molar-refractivity contribution in [3.05, 3.63) is 29.6 Å². The van der Waals surface area contributed by atoms with Gasteiger partial charge in [-0.3, -0.25) is 4.21 Å². The molecule has 5 heteroatoms. The van der Waals surface area contributed by atoms with Crippen molar-refractivity contribution in [2.24, 2.45) is 0 Å². The molecule has 1 N–H and O–H groups in total. The van der Waals surface area contributed by atoms with Gasteiger partial charge >= 0.3 is 0 Å². The summed E-state index contributed by atoms with van der Waals surface area (Å²) in [5.41, 5.74) is -0.0911. The highest BCUT2D eigenvalue weighted by Gasteiger charge is 2.45. The highest BCUT2D eigenvalue weighted by Crippen LogP contribution is 2.40. The third-order valence-electron chi connectivity index (χ3n) is 4.67. The first kappa shape index (κ1) is 15.0. The van der Waals surface area contributed by atoms with Gasteiger partial charge in [-0.15, -0.1) is 0 Å². The van der Waals surface area contributed by atoms with Crippen molar-refractivity contribution in [2.45, 2.75) is 54.6 Å². The van der Waals surface area contributed by atoms with E-state index in [1.165, 1.54) is 13.2 Å². The monoisotopic (exact) mass is 312 g/mol. The molecule has 116 valence electrons. The molecule has 0 aliphatic carbocycles. The molecule has 0 spiro atoms. The summed E-state index contributed by atoms with van der Waals surface area (Å²) >= 11 is 0. The second kappa shape index (κ2) is 5.69. The molecule has 21 heavy (non-hydrogen) atoms. The quantitative estimate of drug-likeness (QED) is 0.933. The Balaban J connectivity index is 1.77. The van der Waals surface area contributed by atoms with Crippen LogP contribution in [0, 0.1) is 5.82 Å². The fraction of sp³-hybridized carbons (Fsp3) is 0.625. The third kappa shape index (κ3) is 2.99. The van der Waals surface area contributed by atoms with E-state index in [-0.39, 0.29) is 16.2 Å². The van der Waals surface area contributed by atoms with Crippen LogP contribution >= 0.6 is 0 Å². The van der Waals surface area contributed by atoms with Gasteiger partial charge in [0.25, 0.3) is 0 Å². The lowest BCUT2D eigenvalue weighted by molar-refractivity contribution is 0.0114. The number of rotatable bonds is 3. The van der Waals surface area contributed by atoms with Gasteiger partial charge in [0.15, 0.2) is 11.6 Å². The maximum absolute atomic E-state index is 13.8. The predicted molar refractivity (Wildman–Crippen MR) is 80.4 cm³/mol. The van der Waals surface area contributed by atoms with E-state index < -0.39 is 22.2 Å². The molecule has 2 atom stereocenters. The van der Waals surface area contributed by atoms with E-state index in [4.69, 9.17) is 4.74 Å². The van der Waals surface area contributed by atoms with Gasteiger partial charge in [-0.25, -0.2) is 4.39 Å². The summed E-state index contributed by atoms with van der Waals surface area (Å²) in [4.78, 5) is 0. The molecule has 0 aromatic heterocycles. The van der Waals surface area contributed by atoms with Crippen LogP contribution in [0.5, 0.6) is 5.75 Å². The molecular weight excluding hydrogens is 291 g/mol. The van der Waals surface area contributed by atoms with Crippen LogP contribution in [0.2, 0.25) is 0 Å². The van der Waals surface area contributed by atoms with Crippen LogP contribution in [0.15, 0.2) is 18.2 Å². The van der Waals surface area contributed by atoms with Crippen molar-refractivity contribution in [1.29, 1.82) is 0 Å². The number of methoxy groups -OCH3 is 1. The number of hydrogen-bond acceptors (Lipinski definition) is 3. The Labute approximate surface area is 127 Å². The SMILES string of the molecule is COc1ccc(CC2(O)CC3CCCC(C2)S3=O)cc1F. The van der Waals surface area contributed by atoms with Crippen LogP contribution < -0.4 is 4.74 Å². The predicted octanol–water partition coefficient (Wildman–Crippen LogP) is 2.57. The highest BCUT2D eigenvalue weighted by atomic mass is 32.2. The topological polar surface area (TPSA) is 46.5 Å². The number of benzene rings is 1. The minimum Gasteiger partial charge on any atom is -0.494 e. The Morgan fingerprint density at radius 2 is 2.05 bits per heavy atom. The lowest BCUT2D eigenvalue weighted by Crippen LogP contribution is -2.50. The summed E-state index contributed by atoms with van der Waals surface area (Å²) in [5.74, 6) is -0.189. The van der Waals surface area contributed by atoms with Gasteiger partial charge in [0.1, 0.15) is 0 Å². The van der Waals surface area contributed by atoms with Gasteiger partial charge in [0.05, 0.1) is 12.7 Å². The Hall–Kier alpha value is -0.940. The van der Waals surface area contributed by atoms with E-state index in [0.29, 0.717) is 19.3 Å². The fourth-order valence-corrected chi connectivity index (χ4v) is 6.01. The Morgan fingerprint density at radius 3 is 2.62 bits per heavy atom. The van der Waals surface area contributed by atoms with Crippen molar-refractivity contribution in [3.8, 4) is 5.75 Å². The molecule has 2 unspecified atom stereocenters. The van der Waals surface area contributed by atoms with Crippen LogP contribution in [0.4, 0.5) is 4.39 Å². The zero-order valence-corrected chi connectivity index (χ0v) is 13.0. The lowest BCUT2D eigenvalue weighted by Gasteiger charge is -2.43. The zero-order valence-electron chi connectivity index (χ0n) is 12.2. The van der Waals surface area contributed by atoms with Crippen molar-refractivity contribution in [1.82, 2.24) is 0 Å². The average Bonchev–Trinajstić information content (AvgIpc) is 2.41. The largest absolute Gasteiger partial charge is 0.494 e. The minimum atomic E-state index is -0.856. The van der Waals surface area contributed by atoms with E-state index >= 15 is 0 Å². The number of hydrogen-bond donors (Lipinski definition) is 1. The summed E-state index contributed by atoms with van der Waals surface area (Å²) in [6, 6.07) is 4.81. The summed E-state index contributed by atoms with van der Waals surface area (Å²) in [6.07, 6.45) is 4.50. The standard InChI is InChI=1S/C16H21FO3S/c1-20-15-6-5-11(7-14(15)17)8-16(18)9-12-3-2-4-13(10-16)21(12)19/h5-7,12-13,18H,2-4,8-10H2,1H3. The summed E-state index contributed by atoms with van der Waals surface area (Å²) in [7, 11) is 0.630. The first-order valence-electron chi connectivity index (χ1n) is 7.45. The molecular formula is C16H21FO3S. The molecule has 2 saturated heterocycles. The Bertz CT molecular complexity index is 544. The van der Waals surface area contributed by atoms with Crippen molar-refractivity contribution < 1.29 is 18.4 Å². The van der Waals surface area contributed by atoms with E-state index in [2.05, 4.69) is 0 Å². The van der Waals surface area contributed by atoms with Crippen LogP contribution in [-0.2, 0) is 17.2 Å². The number of fused-ring (bicyclic) bond motifs is 2. The van der Waals surface area contributed by atoms with Crippen LogP contribution in [0.3, 0.4) is 0 Å². The number of ether oxygens (including phenoxy) is 1. The molecule has 0 amide bonds. The number of aliphatic hydroxyl groups is 1. The van der Waals surface area contributed by atoms with Gasteiger partial charge in [-0.1, -0.05) is 12.5 Å². The maximum atomic E-state index is 13.8. The second-order valence-electron chi connectivity index (χ2n) is 6.28. The average molecular weight is 312 g/mol. The summed E-state index contributed by atoms with van der Waals surface area (Å²) in [6.45, 7) is 0. The molecule has 2 aliphatic rings. The molecule has 2 fully saturated rings. The fourth-order valence-electron chi connectivity index (χ4n) is 3.72. The van der Waals surface area contributed by atoms with E-state index in [1.54, 1.807) is 12.1 Å². The Morgan fingerprint density at radius 1 is 1.38 bits per heavy atom. The van der Waals surface area contributed by atoms with Gasteiger partial charge < -0.3 is 9.84 Å². The molecule has 2 bridgehead atoms. The van der Waals surface area contributed by atoms with Crippen molar-refractivity contribution >= 4 is 10.8 Å². The lowest BCUT2D eigenvalue weighted by atomic mass is 9.81. The maximum Gasteiger partial charge on any atom is 0.165 e. The summed E-state index contributed by atoms with van der Waals surface area (Å²) < 4.78 is 30.9. The molecule has 0 radical (unpaired) electrons.